The molecule has 32 heavy (non-hydrogen) atoms. The van der Waals surface area contributed by atoms with Crippen molar-refractivity contribution in [3.8, 4) is 11.5 Å². The van der Waals surface area contributed by atoms with Gasteiger partial charge < -0.3 is 19.4 Å². The van der Waals surface area contributed by atoms with Gasteiger partial charge in [0.2, 0.25) is 0 Å². The lowest BCUT2D eigenvalue weighted by Gasteiger charge is -2.08. The number of nitrogens with one attached hydrogen (secondary N) is 2. The van der Waals surface area contributed by atoms with E-state index in [4.69, 9.17) is 0 Å². The minimum atomic E-state index is -4.84. The largest absolute Gasteiger partial charge is 0.573 e. The highest BCUT2D eigenvalue weighted by Gasteiger charge is 2.31. The van der Waals surface area contributed by atoms with Crippen molar-refractivity contribution >= 4 is 12.2 Å². The molecule has 1 heterocycles. The minimum Gasteiger partial charge on any atom is -0.406 e. The number of alkyl halides is 6. The smallest absolute Gasteiger partial charge is 0.406 e. The van der Waals surface area contributed by atoms with Crippen LogP contribution in [0.3, 0.4) is 0 Å². The standard InChI is InChI=1S/C20H12F6N2O4/c21-19(22,23)31-13-5-1-11(2-6-13)9-15-17(29)28-16(18(30)27-15)10-12-3-7-14(8-4-12)32-20(24,25)26/h1-10H,(H,27,30)(H,28,29)/b15-9+,16-10+. The Morgan fingerprint density at radius 1 is 0.594 bits per heavy atom. The van der Waals surface area contributed by atoms with E-state index in [9.17, 15) is 35.9 Å². The van der Waals surface area contributed by atoms with E-state index in [1.165, 1.54) is 36.4 Å². The van der Waals surface area contributed by atoms with Crippen LogP contribution in [0.4, 0.5) is 26.3 Å². The number of hydrogen-bond acceptors (Lipinski definition) is 4. The van der Waals surface area contributed by atoms with Gasteiger partial charge in [-0.3, -0.25) is 9.59 Å². The van der Waals surface area contributed by atoms with Crippen molar-refractivity contribution in [1.29, 1.82) is 0 Å². The van der Waals surface area contributed by atoms with Crippen LogP contribution in [0.5, 0.6) is 11.5 Å². The second-order valence-corrected chi connectivity index (χ2v) is 6.26. The van der Waals surface area contributed by atoms with E-state index < -0.39 is 35.3 Å². The van der Waals surface area contributed by atoms with Gasteiger partial charge in [0, 0.05) is 0 Å². The van der Waals surface area contributed by atoms with Gasteiger partial charge in [-0.25, -0.2) is 0 Å². The minimum absolute atomic E-state index is 0.162. The summed E-state index contributed by atoms with van der Waals surface area (Å²) in [5.74, 6) is -0.901. The van der Waals surface area contributed by atoms with Gasteiger partial charge in [-0.15, -0.1) is 26.3 Å². The van der Waals surface area contributed by atoms with Crippen LogP contribution in [-0.4, -0.2) is 22.7 Å². The highest BCUT2D eigenvalue weighted by Crippen LogP contribution is 2.23. The van der Waals surface area contributed by atoms with Crippen LogP contribution in [0.2, 0.25) is 0 Å². The maximum Gasteiger partial charge on any atom is 0.573 e. The number of aromatic amines is 2. The Morgan fingerprint density at radius 2 is 0.906 bits per heavy atom. The molecule has 0 aliphatic carbocycles. The fraction of sp³-hybridized carbons (Fsp3) is 0.100. The van der Waals surface area contributed by atoms with E-state index in [1.54, 1.807) is 0 Å². The highest BCUT2D eigenvalue weighted by atomic mass is 19.4. The van der Waals surface area contributed by atoms with Crippen LogP contribution in [0.15, 0.2) is 58.1 Å². The lowest BCUT2D eigenvalue weighted by atomic mass is 10.2. The molecule has 0 saturated heterocycles. The van der Waals surface area contributed by atoms with Crippen LogP contribution in [0.25, 0.3) is 12.2 Å². The Hall–Kier alpha value is -3.96. The molecule has 0 aliphatic rings. The van der Waals surface area contributed by atoms with Gasteiger partial charge in [0.1, 0.15) is 22.2 Å². The van der Waals surface area contributed by atoms with Crippen molar-refractivity contribution in [2.45, 2.75) is 12.7 Å². The fourth-order valence-corrected chi connectivity index (χ4v) is 2.56. The number of rotatable bonds is 4. The molecule has 168 valence electrons. The van der Waals surface area contributed by atoms with Crippen LogP contribution in [-0.2, 0) is 0 Å². The average Bonchev–Trinajstić information content (AvgIpc) is 2.66. The molecule has 0 saturated carbocycles. The first-order valence-corrected chi connectivity index (χ1v) is 8.66. The molecule has 0 atom stereocenters. The van der Waals surface area contributed by atoms with E-state index in [0.29, 0.717) is 11.1 Å². The summed E-state index contributed by atoms with van der Waals surface area (Å²) in [6, 6.07) is 9.18. The Labute approximate surface area is 174 Å². The van der Waals surface area contributed by atoms with Gasteiger partial charge in [0.15, 0.2) is 0 Å². The molecule has 6 nitrogen and oxygen atoms in total. The zero-order chi connectivity index (χ0) is 23.5. The lowest BCUT2D eigenvalue weighted by molar-refractivity contribution is -0.275. The third kappa shape index (κ3) is 6.52. The first-order chi connectivity index (χ1) is 14.9. The molecule has 2 N–H and O–H groups in total. The number of aromatic nitrogens is 2. The normalized spacial score (nSPS) is 13.3. The monoisotopic (exact) mass is 458 g/mol. The summed E-state index contributed by atoms with van der Waals surface area (Å²) < 4.78 is 80.7. The predicted octanol–water partition coefficient (Wildman–Crippen LogP) is 2.52. The molecule has 0 fully saturated rings. The third-order valence-electron chi connectivity index (χ3n) is 3.84. The molecule has 3 rings (SSSR count). The molecule has 0 aliphatic heterocycles. The molecule has 1 aromatic heterocycles. The van der Waals surface area contributed by atoms with Crippen molar-refractivity contribution in [3.05, 3.63) is 91.1 Å². The van der Waals surface area contributed by atoms with Crippen LogP contribution in [0, 0.1) is 0 Å². The van der Waals surface area contributed by atoms with Crippen LogP contribution >= 0.6 is 0 Å². The fourth-order valence-electron chi connectivity index (χ4n) is 2.56. The molecule has 0 amide bonds. The topological polar surface area (TPSA) is 84.2 Å². The first kappa shape index (κ1) is 22.7. The van der Waals surface area contributed by atoms with E-state index in [2.05, 4.69) is 19.4 Å². The van der Waals surface area contributed by atoms with Gasteiger partial charge in [-0.1, -0.05) is 24.3 Å². The molecule has 3 aromatic rings. The van der Waals surface area contributed by atoms with Crippen LogP contribution < -0.4 is 31.3 Å². The van der Waals surface area contributed by atoms with E-state index >= 15 is 0 Å². The molecule has 0 unspecified atom stereocenters. The molecule has 0 bridgehead atoms. The molecule has 12 heteroatoms. The number of benzene rings is 2. The lowest BCUT2D eigenvalue weighted by Crippen LogP contribution is -2.46. The highest BCUT2D eigenvalue weighted by molar-refractivity contribution is 5.51. The zero-order valence-corrected chi connectivity index (χ0v) is 15.7. The van der Waals surface area contributed by atoms with Crippen LogP contribution in [0.1, 0.15) is 11.1 Å². The Kier molecular flexibility index (Phi) is 6.14. The zero-order valence-electron chi connectivity index (χ0n) is 15.7. The summed E-state index contributed by atoms with van der Waals surface area (Å²) in [5.41, 5.74) is -0.776. The van der Waals surface area contributed by atoms with Gasteiger partial charge in [-0.05, 0) is 47.5 Å². The van der Waals surface area contributed by atoms with Crippen molar-refractivity contribution in [2.75, 3.05) is 0 Å². The first-order valence-electron chi connectivity index (χ1n) is 8.66. The van der Waals surface area contributed by atoms with Crippen molar-refractivity contribution < 1.29 is 35.8 Å². The van der Waals surface area contributed by atoms with E-state index in [1.807, 2.05) is 0 Å². The molecular weight excluding hydrogens is 446 g/mol. The summed E-state index contributed by atoms with van der Waals surface area (Å²) in [7, 11) is 0. The van der Waals surface area contributed by atoms with E-state index in [-0.39, 0.29) is 10.7 Å². The number of ether oxygens (including phenoxy) is 2. The Morgan fingerprint density at radius 3 is 1.19 bits per heavy atom. The summed E-state index contributed by atoms with van der Waals surface area (Å²) in [6.45, 7) is 0. The van der Waals surface area contributed by atoms with Crippen molar-refractivity contribution in [3.63, 3.8) is 0 Å². The molecule has 0 spiro atoms. The summed E-state index contributed by atoms with van der Waals surface area (Å²) >= 11 is 0. The van der Waals surface area contributed by atoms with Crippen molar-refractivity contribution in [1.82, 2.24) is 9.97 Å². The number of halogens is 6. The third-order valence-corrected chi connectivity index (χ3v) is 3.84. The maximum absolute atomic E-state index is 12.3. The summed E-state index contributed by atoms with van der Waals surface area (Å²) in [5, 5.41) is -0.323. The Bertz CT molecular complexity index is 1220. The SMILES string of the molecule is O=c1[nH]/c(=C/c2ccc(OC(F)(F)F)cc2)c(=O)[nH]/c1=C/c1ccc(OC(F)(F)F)cc1. The maximum atomic E-state index is 12.3. The number of H-pyrrole nitrogens is 2. The predicted molar refractivity (Wildman–Crippen MR) is 100 cm³/mol. The van der Waals surface area contributed by atoms with Gasteiger partial charge >= 0.3 is 12.7 Å². The van der Waals surface area contributed by atoms with Gasteiger partial charge in [0.05, 0.1) is 0 Å². The summed E-state index contributed by atoms with van der Waals surface area (Å²) in [4.78, 5) is 29.2. The average molecular weight is 458 g/mol. The van der Waals surface area contributed by atoms with Gasteiger partial charge in [-0.2, -0.15) is 0 Å². The Balaban J connectivity index is 1.88. The van der Waals surface area contributed by atoms with E-state index in [0.717, 1.165) is 24.3 Å². The summed E-state index contributed by atoms with van der Waals surface area (Å²) in [6.07, 6.45) is -7.20. The number of hydrogen-bond donors (Lipinski definition) is 2. The second kappa shape index (κ2) is 8.65. The molecule has 2 aromatic carbocycles. The van der Waals surface area contributed by atoms with Crippen molar-refractivity contribution in [2.24, 2.45) is 0 Å². The second-order valence-electron chi connectivity index (χ2n) is 6.26. The molecular formula is C20H12F6N2O4. The molecule has 0 radical (unpaired) electrons. The van der Waals surface area contributed by atoms with Gasteiger partial charge in [0.25, 0.3) is 11.1 Å². The quantitative estimate of drug-likeness (QED) is 0.589.